The van der Waals surface area contributed by atoms with E-state index in [1.165, 1.54) is 30.9 Å². The van der Waals surface area contributed by atoms with Crippen molar-refractivity contribution in [3.8, 4) is 5.75 Å². The van der Waals surface area contributed by atoms with Crippen molar-refractivity contribution in [1.82, 2.24) is 5.32 Å². The molecule has 9 heteroatoms. The molecular formula is C11H14F3N3O2S. The van der Waals surface area contributed by atoms with Crippen LogP contribution in [0.5, 0.6) is 5.75 Å². The standard InChI is InChI=1S/C11H14F3N3O2S/c1-16-10(18)17-8-3-2-7(19-11(12,13)14)6-9(8)20-5-4-15/h2-3,6H,4-5,15H2,1H3,(H2,16,17,18). The molecule has 2 amide bonds. The fraction of sp³-hybridized carbons (Fsp3) is 0.364. The maximum absolute atomic E-state index is 12.2. The van der Waals surface area contributed by atoms with E-state index in [0.29, 0.717) is 22.9 Å². The zero-order chi connectivity index (χ0) is 15.2. The van der Waals surface area contributed by atoms with E-state index in [1.54, 1.807) is 0 Å². The van der Waals surface area contributed by atoms with Crippen molar-refractivity contribution < 1.29 is 22.7 Å². The van der Waals surface area contributed by atoms with Crippen molar-refractivity contribution in [2.24, 2.45) is 5.73 Å². The van der Waals surface area contributed by atoms with Gasteiger partial charge in [-0.05, 0) is 18.2 Å². The zero-order valence-electron chi connectivity index (χ0n) is 10.6. The predicted molar refractivity (Wildman–Crippen MR) is 71.0 cm³/mol. The number of alkyl halides is 3. The van der Waals surface area contributed by atoms with E-state index in [4.69, 9.17) is 5.73 Å². The Morgan fingerprint density at radius 2 is 2.15 bits per heavy atom. The molecule has 0 saturated heterocycles. The third-order valence-corrected chi connectivity index (χ3v) is 3.13. The normalized spacial score (nSPS) is 11.1. The fourth-order valence-corrected chi connectivity index (χ4v) is 2.09. The van der Waals surface area contributed by atoms with Gasteiger partial charge in [0.1, 0.15) is 5.75 Å². The summed E-state index contributed by atoms with van der Waals surface area (Å²) >= 11 is 1.22. The van der Waals surface area contributed by atoms with Crippen LogP contribution in [0.15, 0.2) is 23.1 Å². The molecule has 0 fully saturated rings. The van der Waals surface area contributed by atoms with Crippen LogP contribution in [0.4, 0.5) is 23.7 Å². The van der Waals surface area contributed by atoms with Crippen LogP contribution >= 0.6 is 11.8 Å². The quantitative estimate of drug-likeness (QED) is 0.730. The average Bonchev–Trinajstić information content (AvgIpc) is 2.36. The molecule has 0 heterocycles. The van der Waals surface area contributed by atoms with E-state index in [0.717, 1.165) is 6.07 Å². The summed E-state index contributed by atoms with van der Waals surface area (Å²) in [6.45, 7) is 0.356. The first-order chi connectivity index (χ1) is 9.35. The van der Waals surface area contributed by atoms with Gasteiger partial charge in [-0.3, -0.25) is 0 Å². The Hall–Kier alpha value is -1.61. The first-order valence-electron chi connectivity index (χ1n) is 5.57. The number of rotatable bonds is 5. The second-order valence-corrected chi connectivity index (χ2v) is 4.68. The van der Waals surface area contributed by atoms with Gasteiger partial charge in [0.15, 0.2) is 0 Å². The number of carbonyl (C=O) groups excluding carboxylic acids is 1. The van der Waals surface area contributed by atoms with Crippen LogP contribution in [-0.2, 0) is 0 Å². The van der Waals surface area contributed by atoms with Crippen molar-refractivity contribution in [3.05, 3.63) is 18.2 Å². The second-order valence-electron chi connectivity index (χ2n) is 3.55. The molecule has 1 rings (SSSR count). The Morgan fingerprint density at radius 1 is 1.45 bits per heavy atom. The van der Waals surface area contributed by atoms with Gasteiger partial charge in [0.2, 0.25) is 0 Å². The lowest BCUT2D eigenvalue weighted by molar-refractivity contribution is -0.274. The monoisotopic (exact) mass is 309 g/mol. The smallest absolute Gasteiger partial charge is 0.406 e. The molecule has 0 aliphatic carbocycles. The molecule has 0 atom stereocenters. The van der Waals surface area contributed by atoms with Crippen molar-refractivity contribution in [2.45, 2.75) is 11.3 Å². The number of benzene rings is 1. The summed E-state index contributed by atoms with van der Waals surface area (Å²) in [7, 11) is 1.43. The summed E-state index contributed by atoms with van der Waals surface area (Å²) in [5, 5.41) is 4.87. The number of nitrogens with two attached hydrogens (primary N) is 1. The van der Waals surface area contributed by atoms with Gasteiger partial charge in [-0.2, -0.15) is 0 Å². The molecule has 0 radical (unpaired) electrons. The summed E-state index contributed by atoms with van der Waals surface area (Å²) in [5.41, 5.74) is 5.75. The maximum atomic E-state index is 12.2. The molecule has 0 saturated carbocycles. The Morgan fingerprint density at radius 3 is 2.70 bits per heavy atom. The van der Waals surface area contributed by atoms with E-state index >= 15 is 0 Å². The molecule has 20 heavy (non-hydrogen) atoms. The number of hydrogen-bond acceptors (Lipinski definition) is 4. The van der Waals surface area contributed by atoms with E-state index in [9.17, 15) is 18.0 Å². The van der Waals surface area contributed by atoms with E-state index in [-0.39, 0.29) is 5.75 Å². The number of anilines is 1. The number of halogens is 3. The molecule has 0 aromatic heterocycles. The predicted octanol–water partition coefficient (Wildman–Crippen LogP) is 2.39. The topological polar surface area (TPSA) is 76.4 Å². The van der Waals surface area contributed by atoms with Gasteiger partial charge in [-0.15, -0.1) is 24.9 Å². The van der Waals surface area contributed by atoms with Crippen LogP contribution in [-0.4, -0.2) is 31.7 Å². The number of hydrogen-bond donors (Lipinski definition) is 3. The molecular weight excluding hydrogens is 295 g/mol. The van der Waals surface area contributed by atoms with Gasteiger partial charge >= 0.3 is 12.4 Å². The van der Waals surface area contributed by atoms with E-state index in [2.05, 4.69) is 15.4 Å². The highest BCUT2D eigenvalue weighted by Gasteiger charge is 2.31. The summed E-state index contributed by atoms with van der Waals surface area (Å²) in [5.74, 6) is 0.150. The largest absolute Gasteiger partial charge is 0.573 e. The van der Waals surface area contributed by atoms with Crippen LogP contribution in [0.1, 0.15) is 0 Å². The molecule has 4 N–H and O–H groups in total. The molecule has 0 spiro atoms. The molecule has 0 bridgehead atoms. The molecule has 0 aliphatic rings. The van der Waals surface area contributed by atoms with Crippen molar-refractivity contribution >= 4 is 23.5 Å². The number of nitrogens with one attached hydrogen (secondary N) is 2. The van der Waals surface area contributed by atoms with Gasteiger partial charge in [0, 0.05) is 24.2 Å². The lowest BCUT2D eigenvalue weighted by atomic mass is 10.3. The van der Waals surface area contributed by atoms with Crippen LogP contribution in [0.3, 0.4) is 0 Å². The lowest BCUT2D eigenvalue weighted by Crippen LogP contribution is -2.24. The van der Waals surface area contributed by atoms with Gasteiger partial charge in [0.05, 0.1) is 5.69 Å². The number of amides is 2. The highest BCUT2D eigenvalue weighted by Crippen LogP contribution is 2.33. The van der Waals surface area contributed by atoms with Gasteiger partial charge in [-0.1, -0.05) is 0 Å². The number of thioether (sulfide) groups is 1. The summed E-state index contributed by atoms with van der Waals surface area (Å²) in [6, 6.07) is 3.21. The lowest BCUT2D eigenvalue weighted by Gasteiger charge is -2.14. The van der Waals surface area contributed by atoms with Crippen LogP contribution < -0.4 is 21.1 Å². The minimum absolute atomic E-state index is 0.348. The minimum Gasteiger partial charge on any atom is -0.406 e. The minimum atomic E-state index is -4.76. The highest BCUT2D eigenvalue weighted by atomic mass is 32.2. The molecule has 112 valence electrons. The molecule has 1 aromatic carbocycles. The summed E-state index contributed by atoms with van der Waals surface area (Å²) in [4.78, 5) is 11.7. The number of carbonyl (C=O) groups is 1. The van der Waals surface area contributed by atoms with Gasteiger partial charge in [-0.25, -0.2) is 4.79 Å². The first-order valence-corrected chi connectivity index (χ1v) is 6.55. The van der Waals surface area contributed by atoms with Crippen LogP contribution in [0.25, 0.3) is 0 Å². The summed E-state index contributed by atoms with van der Waals surface area (Å²) in [6.07, 6.45) is -4.76. The number of urea groups is 1. The van der Waals surface area contributed by atoms with Crippen LogP contribution in [0, 0.1) is 0 Å². The Bertz CT molecular complexity index is 469. The van der Waals surface area contributed by atoms with Crippen LogP contribution in [0.2, 0.25) is 0 Å². The van der Waals surface area contributed by atoms with Gasteiger partial charge in [0.25, 0.3) is 0 Å². The fourth-order valence-electron chi connectivity index (χ4n) is 1.28. The van der Waals surface area contributed by atoms with Gasteiger partial charge < -0.3 is 21.1 Å². The second kappa shape index (κ2) is 7.25. The molecule has 0 unspecified atom stereocenters. The van der Waals surface area contributed by atoms with Crippen molar-refractivity contribution in [2.75, 3.05) is 24.7 Å². The third-order valence-electron chi connectivity index (χ3n) is 2.04. The third kappa shape index (κ3) is 5.57. The number of ether oxygens (including phenoxy) is 1. The summed E-state index contributed by atoms with van der Waals surface area (Å²) < 4.78 is 40.3. The SMILES string of the molecule is CNC(=O)Nc1ccc(OC(F)(F)F)cc1SCCN. The molecule has 0 aliphatic heterocycles. The Labute approximate surface area is 118 Å². The molecule has 1 aromatic rings. The van der Waals surface area contributed by atoms with Crippen molar-refractivity contribution in [3.63, 3.8) is 0 Å². The van der Waals surface area contributed by atoms with Crippen molar-refractivity contribution in [1.29, 1.82) is 0 Å². The molecule has 5 nitrogen and oxygen atoms in total. The Kier molecular flexibility index (Phi) is 5.96. The van der Waals surface area contributed by atoms with E-state index < -0.39 is 12.4 Å². The highest BCUT2D eigenvalue weighted by molar-refractivity contribution is 7.99. The van der Waals surface area contributed by atoms with E-state index in [1.807, 2.05) is 0 Å². The zero-order valence-corrected chi connectivity index (χ0v) is 11.4. The average molecular weight is 309 g/mol. The first kappa shape index (κ1) is 16.4. The maximum Gasteiger partial charge on any atom is 0.573 e. The Balaban J connectivity index is 2.96.